The molecule has 0 aromatic heterocycles. The highest BCUT2D eigenvalue weighted by Crippen LogP contribution is 2.70. The molecule has 2 heterocycles. The van der Waals surface area contributed by atoms with Crippen molar-refractivity contribution in [3.05, 3.63) is 0 Å². The molecule has 0 aromatic carbocycles. The zero-order valence-corrected chi connectivity index (χ0v) is 13.6. The van der Waals surface area contributed by atoms with E-state index in [9.17, 15) is 0 Å². The van der Waals surface area contributed by atoms with Crippen molar-refractivity contribution < 1.29 is 9.47 Å². The van der Waals surface area contributed by atoms with Gasteiger partial charge in [-0.25, -0.2) is 0 Å². The Kier molecular flexibility index (Phi) is 3.47. The smallest absolute Gasteiger partial charge is 0.0729 e. The van der Waals surface area contributed by atoms with Crippen LogP contribution >= 0.6 is 0 Å². The van der Waals surface area contributed by atoms with Crippen molar-refractivity contribution in [3.8, 4) is 0 Å². The zero-order chi connectivity index (χ0) is 14.6. The van der Waals surface area contributed by atoms with Gasteiger partial charge in [-0.15, -0.1) is 0 Å². The molecule has 1 spiro atoms. The van der Waals surface area contributed by atoms with Crippen molar-refractivity contribution in [2.75, 3.05) is 19.8 Å². The Morgan fingerprint density at radius 2 is 1.60 bits per heavy atom. The lowest BCUT2D eigenvalue weighted by atomic mass is 9.76. The molecule has 3 nitrogen and oxygen atoms in total. The van der Waals surface area contributed by atoms with E-state index in [1.807, 2.05) is 0 Å². The van der Waals surface area contributed by atoms with Crippen LogP contribution < -0.4 is 5.73 Å². The summed E-state index contributed by atoms with van der Waals surface area (Å²) in [6.45, 7) is 12.1. The Labute approximate surface area is 123 Å². The van der Waals surface area contributed by atoms with Crippen LogP contribution in [0.4, 0.5) is 0 Å². The van der Waals surface area contributed by atoms with Gasteiger partial charge in [-0.1, -0.05) is 27.7 Å². The molecule has 3 rings (SSSR count). The minimum absolute atomic E-state index is 0.0714. The van der Waals surface area contributed by atoms with Gasteiger partial charge in [0.25, 0.3) is 0 Å². The lowest BCUT2D eigenvalue weighted by Crippen LogP contribution is -2.49. The van der Waals surface area contributed by atoms with E-state index in [1.165, 1.54) is 0 Å². The van der Waals surface area contributed by atoms with Crippen molar-refractivity contribution in [2.45, 2.75) is 65.0 Å². The molecule has 0 bridgehead atoms. The molecular weight excluding hydrogens is 250 g/mol. The van der Waals surface area contributed by atoms with Crippen molar-refractivity contribution >= 4 is 0 Å². The van der Waals surface area contributed by atoms with Crippen molar-refractivity contribution in [2.24, 2.45) is 28.4 Å². The maximum Gasteiger partial charge on any atom is 0.0729 e. The van der Waals surface area contributed by atoms with E-state index in [4.69, 9.17) is 15.2 Å². The van der Waals surface area contributed by atoms with E-state index in [2.05, 4.69) is 27.7 Å². The third kappa shape index (κ3) is 2.13. The van der Waals surface area contributed by atoms with Crippen LogP contribution in [-0.2, 0) is 9.47 Å². The molecule has 0 amide bonds. The lowest BCUT2D eigenvalue weighted by molar-refractivity contribution is -0.150. The van der Waals surface area contributed by atoms with Crippen molar-refractivity contribution in [1.82, 2.24) is 0 Å². The summed E-state index contributed by atoms with van der Waals surface area (Å²) in [6.07, 6.45) is 4.37. The summed E-state index contributed by atoms with van der Waals surface area (Å²) < 4.78 is 11.7. The summed E-state index contributed by atoms with van der Waals surface area (Å²) in [5.41, 5.74) is 7.54. The Morgan fingerprint density at radius 1 is 1.00 bits per heavy atom. The molecule has 1 saturated carbocycles. The van der Waals surface area contributed by atoms with E-state index in [0.717, 1.165) is 45.5 Å². The quantitative estimate of drug-likeness (QED) is 0.846. The Morgan fingerprint density at radius 3 is 2.15 bits per heavy atom. The molecule has 3 fully saturated rings. The summed E-state index contributed by atoms with van der Waals surface area (Å²) in [6, 6.07) is 0.323. The summed E-state index contributed by atoms with van der Waals surface area (Å²) in [7, 11) is 0. The predicted octanol–water partition coefficient (Wildman–Crippen LogP) is 2.97. The van der Waals surface area contributed by atoms with Gasteiger partial charge in [0.05, 0.1) is 5.60 Å². The first-order chi connectivity index (χ1) is 9.30. The molecule has 2 saturated heterocycles. The van der Waals surface area contributed by atoms with Crippen LogP contribution in [0, 0.1) is 22.7 Å². The van der Waals surface area contributed by atoms with E-state index in [1.54, 1.807) is 0 Å². The second-order valence-corrected chi connectivity index (χ2v) is 8.40. The SMILES string of the molecule is CC1(C)C(C(N)C2CCOC3(CCOCC3)C2)C1(C)C. The number of hydrogen-bond acceptors (Lipinski definition) is 3. The highest BCUT2D eigenvalue weighted by Gasteiger charge is 2.67. The highest BCUT2D eigenvalue weighted by molar-refractivity contribution is 5.17. The second-order valence-electron chi connectivity index (χ2n) is 8.40. The summed E-state index contributed by atoms with van der Waals surface area (Å²) in [5, 5.41) is 0. The molecule has 2 unspecified atom stereocenters. The maximum absolute atomic E-state index is 6.71. The van der Waals surface area contributed by atoms with Crippen LogP contribution in [0.3, 0.4) is 0 Å². The summed E-state index contributed by atoms with van der Waals surface area (Å²) in [5.74, 6) is 1.27. The first kappa shape index (κ1) is 14.8. The fourth-order valence-electron chi connectivity index (χ4n) is 4.97. The topological polar surface area (TPSA) is 44.5 Å². The molecule has 2 aliphatic heterocycles. The minimum Gasteiger partial charge on any atom is -0.381 e. The molecule has 3 aliphatic rings. The van der Waals surface area contributed by atoms with E-state index in [-0.39, 0.29) is 5.60 Å². The third-order valence-corrected chi connectivity index (χ3v) is 7.00. The molecule has 2 atom stereocenters. The standard InChI is InChI=1S/C17H31NO2/c1-15(2)14(16(15,3)4)13(18)12-5-8-20-17(11-12)6-9-19-10-7-17/h12-14H,5-11,18H2,1-4H3. The summed E-state index contributed by atoms with van der Waals surface area (Å²) in [4.78, 5) is 0. The van der Waals surface area contributed by atoms with Crippen LogP contribution in [0.5, 0.6) is 0 Å². The minimum atomic E-state index is 0.0714. The normalized spacial score (nSPS) is 36.8. The highest BCUT2D eigenvalue weighted by atomic mass is 16.5. The lowest BCUT2D eigenvalue weighted by Gasteiger charge is -2.45. The average molecular weight is 281 g/mol. The molecule has 2 N–H and O–H groups in total. The molecule has 3 heteroatoms. The zero-order valence-electron chi connectivity index (χ0n) is 13.6. The Hall–Kier alpha value is -0.120. The van der Waals surface area contributed by atoms with Crippen LogP contribution in [0.15, 0.2) is 0 Å². The van der Waals surface area contributed by atoms with Crippen molar-refractivity contribution in [3.63, 3.8) is 0 Å². The second kappa shape index (κ2) is 4.69. The molecular formula is C17H31NO2. The number of ether oxygens (including phenoxy) is 2. The van der Waals surface area contributed by atoms with Gasteiger partial charge < -0.3 is 15.2 Å². The Balaban J connectivity index is 1.68. The first-order valence-electron chi connectivity index (χ1n) is 8.27. The van der Waals surface area contributed by atoms with Gasteiger partial charge in [-0.2, -0.15) is 0 Å². The van der Waals surface area contributed by atoms with Gasteiger partial charge in [-0.05, 0) is 48.3 Å². The van der Waals surface area contributed by atoms with Crippen LogP contribution in [0.1, 0.15) is 53.4 Å². The van der Waals surface area contributed by atoms with Gasteiger partial charge in [0, 0.05) is 25.9 Å². The molecule has 0 aromatic rings. The van der Waals surface area contributed by atoms with E-state index in [0.29, 0.717) is 28.7 Å². The maximum atomic E-state index is 6.71. The number of rotatable bonds is 2. The fourth-order valence-corrected chi connectivity index (χ4v) is 4.97. The molecule has 116 valence electrons. The van der Waals surface area contributed by atoms with Gasteiger partial charge in [0.15, 0.2) is 0 Å². The fraction of sp³-hybridized carbons (Fsp3) is 1.00. The number of hydrogen-bond donors (Lipinski definition) is 1. The molecule has 20 heavy (non-hydrogen) atoms. The predicted molar refractivity (Wildman–Crippen MR) is 80.5 cm³/mol. The molecule has 0 radical (unpaired) electrons. The third-order valence-electron chi connectivity index (χ3n) is 7.00. The van der Waals surface area contributed by atoms with E-state index < -0.39 is 0 Å². The van der Waals surface area contributed by atoms with Crippen LogP contribution in [0.25, 0.3) is 0 Å². The van der Waals surface area contributed by atoms with Gasteiger partial charge in [-0.3, -0.25) is 0 Å². The van der Waals surface area contributed by atoms with Gasteiger partial charge >= 0.3 is 0 Å². The van der Waals surface area contributed by atoms with Gasteiger partial charge in [0.1, 0.15) is 0 Å². The molecule has 1 aliphatic carbocycles. The van der Waals surface area contributed by atoms with Crippen molar-refractivity contribution in [1.29, 1.82) is 0 Å². The Bertz CT molecular complexity index is 352. The first-order valence-corrected chi connectivity index (χ1v) is 8.27. The number of nitrogens with two attached hydrogens (primary N) is 1. The van der Waals surface area contributed by atoms with Crippen LogP contribution in [-0.4, -0.2) is 31.5 Å². The monoisotopic (exact) mass is 281 g/mol. The van der Waals surface area contributed by atoms with Crippen LogP contribution in [0.2, 0.25) is 0 Å². The average Bonchev–Trinajstić information content (AvgIpc) is 2.80. The van der Waals surface area contributed by atoms with E-state index >= 15 is 0 Å². The van der Waals surface area contributed by atoms with Gasteiger partial charge in [0.2, 0.25) is 0 Å². The summed E-state index contributed by atoms with van der Waals surface area (Å²) >= 11 is 0. The largest absolute Gasteiger partial charge is 0.381 e.